The number of fused-ring (bicyclic) bond motifs is 3. The van der Waals surface area contributed by atoms with E-state index in [2.05, 4.69) is 35.1 Å². The molecule has 4 rings (SSSR count). The van der Waals surface area contributed by atoms with E-state index in [0.29, 0.717) is 37.1 Å². The summed E-state index contributed by atoms with van der Waals surface area (Å²) in [7, 11) is -1.42. The third kappa shape index (κ3) is 5.86. The molecular formula is C28H34N3O4P. The molecule has 0 saturated carbocycles. The molecule has 0 spiro atoms. The van der Waals surface area contributed by atoms with Gasteiger partial charge in [-0.25, -0.2) is 4.98 Å². The number of aromatic nitrogens is 2. The molecule has 4 aromatic rings. The first-order valence-electron chi connectivity index (χ1n) is 12.3. The highest BCUT2D eigenvalue weighted by Gasteiger charge is 2.23. The molecule has 0 aliphatic rings. The number of hydrogen-bond acceptors (Lipinski definition) is 7. The van der Waals surface area contributed by atoms with E-state index in [0.717, 1.165) is 46.0 Å². The van der Waals surface area contributed by atoms with Crippen LogP contribution in [0.15, 0.2) is 48.7 Å². The Morgan fingerprint density at radius 3 is 2.39 bits per heavy atom. The number of nitrogens with two attached hydrogens (primary N) is 1. The van der Waals surface area contributed by atoms with Crippen molar-refractivity contribution in [3.63, 3.8) is 0 Å². The van der Waals surface area contributed by atoms with Gasteiger partial charge in [0, 0.05) is 17.0 Å². The van der Waals surface area contributed by atoms with Crippen molar-refractivity contribution < 1.29 is 18.3 Å². The van der Waals surface area contributed by atoms with Crippen molar-refractivity contribution in [3.8, 4) is 5.75 Å². The van der Waals surface area contributed by atoms with Crippen molar-refractivity contribution in [1.29, 1.82) is 0 Å². The molecule has 2 aromatic carbocycles. The van der Waals surface area contributed by atoms with Crippen molar-refractivity contribution in [1.82, 2.24) is 9.97 Å². The van der Waals surface area contributed by atoms with E-state index in [1.165, 1.54) is 11.1 Å². The minimum Gasteiger partial charge on any atom is -0.497 e. The van der Waals surface area contributed by atoms with Crippen LogP contribution in [0.1, 0.15) is 36.1 Å². The maximum atomic E-state index is 12.8. The van der Waals surface area contributed by atoms with Crippen LogP contribution in [-0.4, -0.2) is 36.5 Å². The van der Waals surface area contributed by atoms with Crippen LogP contribution >= 0.6 is 7.60 Å². The number of hydrogen-bond donors (Lipinski definition) is 1. The average molecular weight is 508 g/mol. The second-order valence-corrected chi connectivity index (χ2v) is 11.0. The number of rotatable bonds is 11. The summed E-state index contributed by atoms with van der Waals surface area (Å²) in [6, 6.07) is 14.4. The molecule has 0 amide bonds. The lowest BCUT2D eigenvalue weighted by atomic mass is 9.99. The Labute approximate surface area is 212 Å². The first kappa shape index (κ1) is 26.1. The number of aryl methyl sites for hydroxylation is 4. The topological polar surface area (TPSA) is 96.6 Å². The molecule has 0 unspecified atom stereocenters. The van der Waals surface area contributed by atoms with Crippen LogP contribution in [0.3, 0.4) is 0 Å². The van der Waals surface area contributed by atoms with E-state index in [1.54, 1.807) is 7.11 Å². The normalized spacial score (nSPS) is 11.9. The summed E-state index contributed by atoms with van der Waals surface area (Å²) in [6.07, 6.45) is 4.54. The van der Waals surface area contributed by atoms with Crippen LogP contribution in [0.2, 0.25) is 0 Å². The first-order valence-corrected chi connectivity index (χ1v) is 14.1. The minimum absolute atomic E-state index is 0.319. The van der Waals surface area contributed by atoms with Gasteiger partial charge in [0.25, 0.3) is 0 Å². The fourth-order valence-corrected chi connectivity index (χ4v) is 6.12. The Hall–Kier alpha value is -2.99. The van der Waals surface area contributed by atoms with E-state index in [-0.39, 0.29) is 0 Å². The number of anilines is 1. The molecular weight excluding hydrogens is 473 g/mol. The fourth-order valence-electron chi connectivity index (χ4n) is 4.47. The third-order valence-electron chi connectivity index (χ3n) is 6.34. The predicted molar refractivity (Wildman–Crippen MR) is 146 cm³/mol. The monoisotopic (exact) mass is 507 g/mol. The number of ether oxygens (including phenoxy) is 1. The zero-order valence-corrected chi connectivity index (χ0v) is 22.3. The summed E-state index contributed by atoms with van der Waals surface area (Å²) in [6.45, 7) is 6.45. The summed E-state index contributed by atoms with van der Waals surface area (Å²) in [5.74, 6) is 1.28. The molecule has 0 aliphatic carbocycles. The van der Waals surface area contributed by atoms with Gasteiger partial charge in [-0.3, -0.25) is 9.55 Å². The third-order valence-corrected chi connectivity index (χ3v) is 8.41. The molecule has 0 aliphatic heterocycles. The molecule has 7 nitrogen and oxygen atoms in total. The van der Waals surface area contributed by atoms with Crippen molar-refractivity contribution in [3.05, 3.63) is 70.9 Å². The summed E-state index contributed by atoms with van der Waals surface area (Å²) >= 11 is 0. The van der Waals surface area contributed by atoms with E-state index >= 15 is 0 Å². The molecule has 2 heterocycles. The first-order chi connectivity index (χ1) is 17.4. The number of nitrogens with zero attached hydrogens (tertiary/aromatic N) is 2. The van der Waals surface area contributed by atoms with Gasteiger partial charge in [0.1, 0.15) is 11.3 Å². The standard InChI is InChI=1S/C28H34N3O4P/c1-5-34-36(32,35-6-2)14-13-20-8-12-24-25-16-21(18-30-27(25)28(29)31-26(24)17-20)7-9-22-10-11-23(33-4)15-19(22)3/h8,10-12,15-18H,5-7,9,13-14H2,1-4H3,(H2,29,31). The molecule has 190 valence electrons. The lowest BCUT2D eigenvalue weighted by Crippen LogP contribution is -2.03. The Bertz CT molecular complexity index is 1410. The van der Waals surface area contributed by atoms with Gasteiger partial charge >= 0.3 is 7.60 Å². The fraction of sp³-hybridized carbons (Fsp3) is 0.357. The smallest absolute Gasteiger partial charge is 0.330 e. The van der Waals surface area contributed by atoms with Crippen LogP contribution in [-0.2, 0) is 32.9 Å². The van der Waals surface area contributed by atoms with E-state index < -0.39 is 7.60 Å². The van der Waals surface area contributed by atoms with Gasteiger partial charge in [0.2, 0.25) is 0 Å². The summed E-state index contributed by atoms with van der Waals surface area (Å²) in [5, 5.41) is 1.98. The maximum absolute atomic E-state index is 12.8. The summed E-state index contributed by atoms with van der Waals surface area (Å²) < 4.78 is 29.0. The molecule has 0 bridgehead atoms. The lowest BCUT2D eigenvalue weighted by Gasteiger charge is -2.17. The Balaban J connectivity index is 1.59. The maximum Gasteiger partial charge on any atom is 0.330 e. The number of pyridine rings is 2. The second kappa shape index (κ2) is 11.4. The average Bonchev–Trinajstić information content (AvgIpc) is 2.87. The highest BCUT2D eigenvalue weighted by Crippen LogP contribution is 2.48. The second-order valence-electron chi connectivity index (χ2n) is 8.80. The van der Waals surface area contributed by atoms with Crippen LogP contribution in [0.5, 0.6) is 5.75 Å². The molecule has 8 heteroatoms. The lowest BCUT2D eigenvalue weighted by molar-refractivity contribution is 0.220. The van der Waals surface area contributed by atoms with Crippen LogP contribution in [0.25, 0.3) is 21.8 Å². The molecule has 0 atom stereocenters. The van der Waals surface area contributed by atoms with Gasteiger partial charge in [-0.2, -0.15) is 0 Å². The highest BCUT2D eigenvalue weighted by molar-refractivity contribution is 7.53. The molecule has 0 saturated heterocycles. The van der Waals surface area contributed by atoms with Crippen LogP contribution < -0.4 is 10.5 Å². The molecule has 36 heavy (non-hydrogen) atoms. The van der Waals surface area contributed by atoms with Gasteiger partial charge in [0.15, 0.2) is 5.82 Å². The van der Waals surface area contributed by atoms with Crippen molar-refractivity contribution in [2.45, 2.75) is 40.0 Å². The van der Waals surface area contributed by atoms with E-state index in [4.69, 9.17) is 19.5 Å². The van der Waals surface area contributed by atoms with Gasteiger partial charge in [-0.15, -0.1) is 0 Å². The quantitative estimate of drug-likeness (QED) is 0.189. The zero-order valence-electron chi connectivity index (χ0n) is 21.4. The zero-order chi connectivity index (χ0) is 25.7. The SMILES string of the molecule is CCOP(=O)(CCc1ccc2c(c1)nc(N)c1ncc(CCc3ccc(OC)cc3C)cc12)OCC. The Kier molecular flexibility index (Phi) is 8.24. The Morgan fingerprint density at radius 2 is 1.69 bits per heavy atom. The van der Waals surface area contributed by atoms with Gasteiger partial charge in [0.05, 0.1) is 32.0 Å². The van der Waals surface area contributed by atoms with Crippen molar-refractivity contribution >= 4 is 35.2 Å². The van der Waals surface area contributed by atoms with Crippen molar-refractivity contribution in [2.75, 3.05) is 32.2 Å². The van der Waals surface area contributed by atoms with Crippen molar-refractivity contribution in [2.24, 2.45) is 0 Å². The van der Waals surface area contributed by atoms with Gasteiger partial charge in [-0.1, -0.05) is 18.2 Å². The van der Waals surface area contributed by atoms with Crippen LogP contribution in [0.4, 0.5) is 5.82 Å². The number of methoxy groups -OCH3 is 1. The van der Waals surface area contributed by atoms with Gasteiger partial charge < -0.3 is 19.5 Å². The predicted octanol–water partition coefficient (Wildman–Crippen LogP) is 6.28. The molecule has 0 fully saturated rings. The summed E-state index contributed by atoms with van der Waals surface area (Å²) in [4.78, 5) is 9.25. The highest BCUT2D eigenvalue weighted by atomic mass is 31.2. The number of benzene rings is 2. The number of nitrogen functional groups attached to an aromatic ring is 1. The minimum atomic E-state index is -3.10. The van der Waals surface area contributed by atoms with E-state index in [1.807, 2.05) is 44.3 Å². The summed E-state index contributed by atoms with van der Waals surface area (Å²) in [5.41, 5.74) is 12.4. The van der Waals surface area contributed by atoms with Crippen LogP contribution in [0, 0.1) is 6.92 Å². The van der Waals surface area contributed by atoms with Gasteiger partial charge in [-0.05, 0) is 86.6 Å². The van der Waals surface area contributed by atoms with E-state index in [9.17, 15) is 4.57 Å². The molecule has 2 N–H and O–H groups in total. The molecule has 0 radical (unpaired) electrons. The largest absolute Gasteiger partial charge is 0.497 e. The Morgan fingerprint density at radius 1 is 0.917 bits per heavy atom. The molecule has 2 aromatic heterocycles.